The average Bonchev–Trinajstić information content (AvgIpc) is 3.05. The molecule has 0 bridgehead atoms. The molecule has 0 fully saturated rings. The number of para-hydroxylation sites is 2. The monoisotopic (exact) mass is 361 g/mol. The van der Waals surface area contributed by atoms with Crippen molar-refractivity contribution in [3.63, 3.8) is 0 Å². The quantitative estimate of drug-likeness (QED) is 0.585. The molecule has 1 aromatic heterocycles. The Morgan fingerprint density at radius 2 is 2.00 bits per heavy atom. The van der Waals surface area contributed by atoms with Crippen LogP contribution in [0.2, 0.25) is 0 Å². The summed E-state index contributed by atoms with van der Waals surface area (Å²) in [6.45, 7) is 6.72. The van der Waals surface area contributed by atoms with Crippen LogP contribution >= 0.6 is 0 Å². The van der Waals surface area contributed by atoms with Crippen LogP contribution in [0.1, 0.15) is 32.2 Å². The zero-order valence-corrected chi connectivity index (χ0v) is 16.1. The first-order valence-corrected chi connectivity index (χ1v) is 8.99. The smallest absolute Gasteiger partial charge is 0.161 e. The molecule has 0 saturated carbocycles. The van der Waals surface area contributed by atoms with Gasteiger partial charge in [-0.15, -0.1) is 0 Å². The Kier molecular flexibility index (Phi) is 5.46. The van der Waals surface area contributed by atoms with Gasteiger partial charge in [0.05, 0.1) is 29.8 Å². The van der Waals surface area contributed by atoms with Crippen molar-refractivity contribution in [2.45, 2.75) is 33.4 Å². The van der Waals surface area contributed by atoms with Gasteiger partial charge in [0.15, 0.2) is 17.3 Å². The van der Waals surface area contributed by atoms with Crippen molar-refractivity contribution < 1.29 is 9.47 Å². The van der Waals surface area contributed by atoms with E-state index in [0.717, 1.165) is 23.1 Å². The van der Waals surface area contributed by atoms with Crippen molar-refractivity contribution in [3.8, 4) is 17.6 Å². The number of hydrogen-bond acceptors (Lipinski definition) is 4. The van der Waals surface area contributed by atoms with Gasteiger partial charge in [-0.05, 0) is 56.7 Å². The Hall–Kier alpha value is -3.26. The van der Waals surface area contributed by atoms with E-state index < -0.39 is 0 Å². The SMILES string of the molecule is CCn1c(/C(C#N)=C\c2ccc(OC(C)C)c(OC)c2)nc2ccccc21. The fraction of sp³-hybridized carbons (Fsp3) is 0.273. The highest BCUT2D eigenvalue weighted by molar-refractivity contribution is 5.91. The molecule has 5 heteroatoms. The summed E-state index contributed by atoms with van der Waals surface area (Å²) < 4.78 is 13.3. The molecule has 0 aliphatic heterocycles. The van der Waals surface area contributed by atoms with Crippen molar-refractivity contribution in [2.24, 2.45) is 0 Å². The number of allylic oxidation sites excluding steroid dienone is 1. The van der Waals surface area contributed by atoms with Crippen LogP contribution in [0.4, 0.5) is 0 Å². The molecule has 27 heavy (non-hydrogen) atoms. The van der Waals surface area contributed by atoms with Crippen LogP contribution in [0, 0.1) is 11.3 Å². The Labute approximate surface area is 159 Å². The van der Waals surface area contributed by atoms with Gasteiger partial charge in [0.2, 0.25) is 0 Å². The summed E-state index contributed by atoms with van der Waals surface area (Å²) in [6.07, 6.45) is 1.88. The Balaban J connectivity index is 2.06. The number of aromatic nitrogens is 2. The maximum atomic E-state index is 9.76. The highest BCUT2D eigenvalue weighted by Crippen LogP contribution is 2.31. The number of nitrogens with zero attached hydrogens (tertiary/aromatic N) is 3. The second-order valence-electron chi connectivity index (χ2n) is 6.42. The summed E-state index contributed by atoms with van der Waals surface area (Å²) >= 11 is 0. The molecule has 0 saturated heterocycles. The predicted molar refractivity (Wildman–Crippen MR) is 108 cm³/mol. The molecule has 0 atom stereocenters. The molecule has 3 aromatic rings. The van der Waals surface area contributed by atoms with Gasteiger partial charge in [0.25, 0.3) is 0 Å². The third-order valence-electron chi connectivity index (χ3n) is 4.19. The number of aryl methyl sites for hydroxylation is 1. The van der Waals surface area contributed by atoms with Crippen molar-refractivity contribution in [2.75, 3.05) is 7.11 Å². The third kappa shape index (κ3) is 3.80. The van der Waals surface area contributed by atoms with Crippen molar-refractivity contribution in [3.05, 3.63) is 53.9 Å². The molecule has 0 unspecified atom stereocenters. The van der Waals surface area contributed by atoms with E-state index in [1.807, 2.05) is 69.3 Å². The highest BCUT2D eigenvalue weighted by atomic mass is 16.5. The van der Waals surface area contributed by atoms with Gasteiger partial charge in [-0.2, -0.15) is 5.26 Å². The summed E-state index contributed by atoms with van der Waals surface area (Å²) in [6, 6.07) is 15.8. The lowest BCUT2D eigenvalue weighted by Gasteiger charge is -2.14. The van der Waals surface area contributed by atoms with Crippen LogP contribution in [0.3, 0.4) is 0 Å². The molecule has 1 heterocycles. The molecule has 138 valence electrons. The first-order chi connectivity index (χ1) is 13.1. The molecular formula is C22H23N3O2. The summed E-state index contributed by atoms with van der Waals surface area (Å²) in [5, 5.41) is 9.76. The van der Waals surface area contributed by atoms with Crippen LogP contribution in [-0.4, -0.2) is 22.8 Å². The lowest BCUT2D eigenvalue weighted by atomic mass is 10.1. The van der Waals surface area contributed by atoms with E-state index in [0.29, 0.717) is 22.9 Å². The van der Waals surface area contributed by atoms with E-state index in [1.165, 1.54) is 0 Å². The van der Waals surface area contributed by atoms with Gasteiger partial charge in [-0.3, -0.25) is 0 Å². The Morgan fingerprint density at radius 3 is 2.67 bits per heavy atom. The number of nitriles is 1. The highest BCUT2D eigenvalue weighted by Gasteiger charge is 2.14. The number of hydrogen-bond donors (Lipinski definition) is 0. The lowest BCUT2D eigenvalue weighted by Crippen LogP contribution is -2.06. The average molecular weight is 361 g/mol. The largest absolute Gasteiger partial charge is 0.493 e. The number of fused-ring (bicyclic) bond motifs is 1. The lowest BCUT2D eigenvalue weighted by molar-refractivity contribution is 0.230. The molecule has 0 amide bonds. The number of ether oxygens (including phenoxy) is 2. The first-order valence-electron chi connectivity index (χ1n) is 8.99. The second-order valence-corrected chi connectivity index (χ2v) is 6.42. The fourth-order valence-corrected chi connectivity index (χ4v) is 3.04. The Bertz CT molecular complexity index is 1030. The number of benzene rings is 2. The number of rotatable bonds is 6. The minimum absolute atomic E-state index is 0.0550. The normalized spacial score (nSPS) is 11.6. The van der Waals surface area contributed by atoms with E-state index in [1.54, 1.807) is 7.11 Å². The molecule has 2 aromatic carbocycles. The summed E-state index contributed by atoms with van der Waals surface area (Å²) in [4.78, 5) is 4.67. The van der Waals surface area contributed by atoms with E-state index in [2.05, 4.69) is 15.6 Å². The van der Waals surface area contributed by atoms with Gasteiger partial charge in [0, 0.05) is 6.54 Å². The van der Waals surface area contributed by atoms with Gasteiger partial charge in [-0.25, -0.2) is 4.98 Å². The molecule has 5 nitrogen and oxygen atoms in total. The van der Waals surface area contributed by atoms with Crippen LogP contribution < -0.4 is 9.47 Å². The van der Waals surface area contributed by atoms with Crippen LogP contribution in [0.15, 0.2) is 42.5 Å². The van der Waals surface area contributed by atoms with Gasteiger partial charge < -0.3 is 14.0 Å². The van der Waals surface area contributed by atoms with Gasteiger partial charge in [-0.1, -0.05) is 18.2 Å². The van der Waals surface area contributed by atoms with Gasteiger partial charge >= 0.3 is 0 Å². The van der Waals surface area contributed by atoms with Gasteiger partial charge in [0.1, 0.15) is 6.07 Å². The predicted octanol–water partition coefficient (Wildman–Crippen LogP) is 4.92. The second kappa shape index (κ2) is 7.96. The molecule has 0 aliphatic carbocycles. The topological polar surface area (TPSA) is 60.1 Å². The zero-order chi connectivity index (χ0) is 19.4. The molecule has 0 N–H and O–H groups in total. The van der Waals surface area contributed by atoms with E-state index in [-0.39, 0.29) is 6.10 Å². The van der Waals surface area contributed by atoms with Crippen LogP contribution in [0.25, 0.3) is 22.7 Å². The first kappa shape index (κ1) is 18.5. The maximum absolute atomic E-state index is 9.76. The van der Waals surface area contributed by atoms with Crippen molar-refractivity contribution in [1.29, 1.82) is 5.26 Å². The zero-order valence-electron chi connectivity index (χ0n) is 16.1. The molecule has 0 aliphatic rings. The standard InChI is InChI=1S/C22H23N3O2/c1-5-25-19-9-7-6-8-18(19)24-22(25)17(14-23)12-16-10-11-20(27-15(2)3)21(13-16)26-4/h6-13,15H,5H2,1-4H3/b17-12-. The van der Waals surface area contributed by atoms with E-state index in [4.69, 9.17) is 9.47 Å². The van der Waals surface area contributed by atoms with Crippen molar-refractivity contribution in [1.82, 2.24) is 9.55 Å². The third-order valence-corrected chi connectivity index (χ3v) is 4.19. The Morgan fingerprint density at radius 1 is 1.22 bits per heavy atom. The maximum Gasteiger partial charge on any atom is 0.161 e. The minimum Gasteiger partial charge on any atom is -0.493 e. The molecule has 0 radical (unpaired) electrons. The minimum atomic E-state index is 0.0550. The van der Waals surface area contributed by atoms with E-state index in [9.17, 15) is 5.26 Å². The summed E-state index contributed by atoms with van der Waals surface area (Å²) in [7, 11) is 1.61. The number of methoxy groups -OCH3 is 1. The summed E-state index contributed by atoms with van der Waals surface area (Å²) in [5.74, 6) is 1.99. The molecule has 0 spiro atoms. The fourth-order valence-electron chi connectivity index (χ4n) is 3.04. The summed E-state index contributed by atoms with van der Waals surface area (Å²) in [5.41, 5.74) is 3.27. The van der Waals surface area contributed by atoms with Crippen molar-refractivity contribution >= 4 is 22.7 Å². The molecular weight excluding hydrogens is 338 g/mol. The molecule has 3 rings (SSSR count). The van der Waals surface area contributed by atoms with E-state index >= 15 is 0 Å². The van der Waals surface area contributed by atoms with Crippen LogP contribution in [0.5, 0.6) is 11.5 Å². The number of imidazole rings is 1. The van der Waals surface area contributed by atoms with Crippen LogP contribution in [-0.2, 0) is 6.54 Å².